The van der Waals surface area contributed by atoms with Crippen LogP contribution < -0.4 is 4.90 Å². The number of rotatable bonds is 7. The minimum atomic E-state index is -0.325. The lowest BCUT2D eigenvalue weighted by atomic mass is 9.98. The second kappa shape index (κ2) is 16.9. The highest BCUT2D eigenvalue weighted by molar-refractivity contribution is 6.31. The van der Waals surface area contributed by atoms with Crippen LogP contribution in [0.15, 0.2) is 66.7 Å². The Balaban J connectivity index is 0.000000199. The molecule has 6 rings (SSSR count). The molecule has 244 valence electrons. The molecule has 3 aromatic carbocycles. The summed E-state index contributed by atoms with van der Waals surface area (Å²) in [4.78, 5) is 26.5. The third kappa shape index (κ3) is 8.67. The summed E-state index contributed by atoms with van der Waals surface area (Å²) in [6.07, 6.45) is 5.32. The van der Waals surface area contributed by atoms with Crippen molar-refractivity contribution in [2.75, 3.05) is 25.2 Å². The molecule has 2 aliphatic rings. The molecular weight excluding hydrogens is 643 g/mol. The Labute approximate surface area is 287 Å². The molecule has 1 aliphatic carbocycles. The van der Waals surface area contributed by atoms with Crippen LogP contribution in [0, 0.1) is 0 Å². The number of nitrogens with zero attached hydrogens (tertiary/aromatic N) is 2. The molecule has 0 N–H and O–H groups in total. The van der Waals surface area contributed by atoms with E-state index in [1.54, 1.807) is 13.0 Å². The first kappa shape index (κ1) is 35.4. The third-order valence-corrected chi connectivity index (χ3v) is 8.68. The molecule has 1 aliphatic heterocycles. The van der Waals surface area contributed by atoms with Crippen LogP contribution in [-0.4, -0.2) is 36.8 Å². The molecule has 46 heavy (non-hydrogen) atoms. The lowest BCUT2D eigenvalue weighted by molar-refractivity contribution is 0.0525. The van der Waals surface area contributed by atoms with Gasteiger partial charge in [0.1, 0.15) is 5.69 Å². The largest absolute Gasteiger partial charge is 0.464 e. The number of ether oxygens (including phenoxy) is 2. The van der Waals surface area contributed by atoms with E-state index in [9.17, 15) is 9.59 Å². The van der Waals surface area contributed by atoms with Gasteiger partial charge in [-0.15, -0.1) is 0 Å². The van der Waals surface area contributed by atoms with Gasteiger partial charge in [0, 0.05) is 40.4 Å². The Morgan fingerprint density at radius 2 is 1.35 bits per heavy atom. The van der Waals surface area contributed by atoms with Gasteiger partial charge in [0.25, 0.3) is 0 Å². The molecule has 4 aromatic rings. The molecule has 0 saturated carbocycles. The van der Waals surface area contributed by atoms with Gasteiger partial charge in [-0.2, -0.15) is 0 Å². The van der Waals surface area contributed by atoms with E-state index in [2.05, 4.69) is 9.47 Å². The van der Waals surface area contributed by atoms with Gasteiger partial charge in [0.15, 0.2) is 0 Å². The van der Waals surface area contributed by atoms with Gasteiger partial charge in [-0.3, -0.25) is 0 Å². The van der Waals surface area contributed by atoms with Crippen LogP contribution in [0.4, 0.5) is 5.69 Å². The zero-order chi connectivity index (χ0) is 33.2. The molecule has 0 fully saturated rings. The lowest BCUT2D eigenvalue weighted by Crippen LogP contribution is -2.22. The normalized spacial score (nSPS) is 13.0. The molecular formula is C37H41Cl3N2O4. The quantitative estimate of drug-likeness (QED) is 0.182. The monoisotopic (exact) mass is 682 g/mol. The number of carbonyl (C=O) groups is 2. The topological polar surface area (TPSA) is 60.8 Å². The van der Waals surface area contributed by atoms with E-state index in [1.165, 1.54) is 31.2 Å². The molecule has 6 nitrogen and oxygen atoms in total. The van der Waals surface area contributed by atoms with Gasteiger partial charge < -0.3 is 18.9 Å². The number of aryl methyl sites for hydroxylation is 1. The van der Waals surface area contributed by atoms with Gasteiger partial charge in [-0.25, -0.2) is 9.59 Å². The van der Waals surface area contributed by atoms with E-state index >= 15 is 0 Å². The molecule has 9 heteroatoms. The molecule has 0 saturated heterocycles. The second-order valence-electron chi connectivity index (χ2n) is 10.9. The lowest BCUT2D eigenvalue weighted by Gasteiger charge is -2.22. The number of aromatic nitrogens is 1. The van der Waals surface area contributed by atoms with E-state index in [1.807, 2.05) is 74.5 Å². The average Bonchev–Trinajstić information content (AvgIpc) is 3.64. The Morgan fingerprint density at radius 3 is 1.96 bits per heavy atom. The number of hydrogen-bond donors (Lipinski definition) is 0. The van der Waals surface area contributed by atoms with E-state index in [-0.39, 0.29) is 11.9 Å². The summed E-state index contributed by atoms with van der Waals surface area (Å²) in [6.45, 7) is 8.39. The minimum absolute atomic E-state index is 0.265. The van der Waals surface area contributed by atoms with Gasteiger partial charge >= 0.3 is 11.9 Å². The number of carbonyl (C=O) groups excluding carboxylic acids is 2. The molecule has 2 heterocycles. The molecule has 0 radical (unpaired) electrons. The number of anilines is 1. The van der Waals surface area contributed by atoms with Crippen LogP contribution in [0.5, 0.6) is 0 Å². The number of methoxy groups -OCH3 is 1. The Hall–Kier alpha value is -3.45. The van der Waals surface area contributed by atoms with Crippen molar-refractivity contribution in [3.63, 3.8) is 0 Å². The predicted molar refractivity (Wildman–Crippen MR) is 188 cm³/mol. The second-order valence-corrected chi connectivity index (χ2v) is 12.2. The Bertz CT molecular complexity index is 1630. The fourth-order valence-electron chi connectivity index (χ4n) is 5.91. The third-order valence-electron chi connectivity index (χ3n) is 7.96. The highest BCUT2D eigenvalue weighted by Crippen LogP contribution is 2.36. The maximum atomic E-state index is 12.3. The Morgan fingerprint density at radius 1 is 0.739 bits per heavy atom. The van der Waals surface area contributed by atoms with Crippen molar-refractivity contribution >= 4 is 52.4 Å². The fraction of sp³-hybridized carbons (Fsp3) is 0.351. The van der Waals surface area contributed by atoms with Gasteiger partial charge in [-0.05, 0) is 104 Å². The number of benzene rings is 3. The van der Waals surface area contributed by atoms with Crippen molar-refractivity contribution in [1.29, 1.82) is 0 Å². The van der Waals surface area contributed by atoms with E-state index < -0.39 is 0 Å². The van der Waals surface area contributed by atoms with Crippen molar-refractivity contribution < 1.29 is 19.1 Å². The maximum Gasteiger partial charge on any atom is 0.354 e. The highest BCUT2D eigenvalue weighted by atomic mass is 35.5. The standard InChI is InChI=1S/C18H17Cl2NO2.C17H18ClNO2.C2H6/c1-2-23-18(22)16-10-15(20)9-13-7-8-21(17(13)16)11-12-3-5-14(19)6-4-12;1-21-17(20)16-10-13-4-2-3-5-15(13)19(16)11-12-6-8-14(18)9-7-12;1-2/h3-6,9-10H,2,7-8,11H2,1H3;6-10H,2-5,11H2,1H3;1-2H3. The SMILES string of the molecule is CC.CCOC(=O)c1cc(Cl)cc2c1N(Cc1ccc(Cl)cc1)CC2.COC(=O)c1cc2c(n1Cc1ccc(Cl)cc1)CCCC2. The summed E-state index contributed by atoms with van der Waals surface area (Å²) in [5.74, 6) is -0.590. The first-order chi connectivity index (χ1) is 22.3. The maximum absolute atomic E-state index is 12.3. The molecule has 0 unspecified atom stereocenters. The highest BCUT2D eigenvalue weighted by Gasteiger charge is 2.27. The number of hydrogen-bond acceptors (Lipinski definition) is 5. The smallest absolute Gasteiger partial charge is 0.354 e. The average molecular weight is 684 g/mol. The van der Waals surface area contributed by atoms with E-state index in [0.717, 1.165) is 64.8 Å². The van der Waals surface area contributed by atoms with Crippen LogP contribution in [-0.2, 0) is 41.8 Å². The minimum Gasteiger partial charge on any atom is -0.464 e. The van der Waals surface area contributed by atoms with Crippen LogP contribution >= 0.6 is 34.8 Å². The van der Waals surface area contributed by atoms with Gasteiger partial charge in [0.05, 0.1) is 25.0 Å². The van der Waals surface area contributed by atoms with Crippen LogP contribution in [0.25, 0.3) is 0 Å². The van der Waals surface area contributed by atoms with Crippen LogP contribution in [0.2, 0.25) is 15.1 Å². The summed E-state index contributed by atoms with van der Waals surface area (Å²) in [6, 6.07) is 21.1. The fourth-order valence-corrected chi connectivity index (χ4v) is 6.40. The molecule has 0 spiro atoms. The molecule has 1 aromatic heterocycles. The summed E-state index contributed by atoms with van der Waals surface area (Å²) in [7, 11) is 1.43. The molecule has 0 amide bonds. The van der Waals surface area contributed by atoms with Crippen LogP contribution in [0.1, 0.15) is 82.4 Å². The number of halogens is 3. The van der Waals surface area contributed by atoms with Gasteiger partial charge in [-0.1, -0.05) is 72.9 Å². The van der Waals surface area contributed by atoms with Crippen molar-refractivity contribution in [2.24, 2.45) is 0 Å². The van der Waals surface area contributed by atoms with Crippen molar-refractivity contribution in [3.8, 4) is 0 Å². The van der Waals surface area contributed by atoms with Crippen LogP contribution in [0.3, 0.4) is 0 Å². The first-order valence-corrected chi connectivity index (χ1v) is 16.9. The zero-order valence-electron chi connectivity index (χ0n) is 26.9. The first-order valence-electron chi connectivity index (χ1n) is 15.8. The summed E-state index contributed by atoms with van der Waals surface area (Å²) in [5, 5.41) is 2.01. The predicted octanol–water partition coefficient (Wildman–Crippen LogP) is 9.61. The molecule has 0 atom stereocenters. The van der Waals surface area contributed by atoms with Crippen molar-refractivity contribution in [2.45, 2.75) is 66.0 Å². The summed E-state index contributed by atoms with van der Waals surface area (Å²) < 4.78 is 12.2. The zero-order valence-corrected chi connectivity index (χ0v) is 29.1. The van der Waals surface area contributed by atoms with Crippen molar-refractivity contribution in [3.05, 3.63) is 121 Å². The number of fused-ring (bicyclic) bond motifs is 2. The number of esters is 2. The van der Waals surface area contributed by atoms with E-state index in [4.69, 9.17) is 44.3 Å². The summed E-state index contributed by atoms with van der Waals surface area (Å²) >= 11 is 18.0. The van der Waals surface area contributed by atoms with Gasteiger partial charge in [0.2, 0.25) is 0 Å². The summed E-state index contributed by atoms with van der Waals surface area (Å²) in [5.41, 5.74) is 8.06. The molecule has 0 bridgehead atoms. The Kier molecular flexibility index (Phi) is 13.0. The van der Waals surface area contributed by atoms with E-state index in [0.29, 0.717) is 29.4 Å². The van der Waals surface area contributed by atoms with Crippen molar-refractivity contribution in [1.82, 2.24) is 4.57 Å².